The third-order valence-electron chi connectivity index (χ3n) is 8.88. The third-order valence-corrected chi connectivity index (χ3v) is 8.88. The Morgan fingerprint density at radius 1 is 1.00 bits per heavy atom. The van der Waals surface area contributed by atoms with E-state index in [9.17, 15) is 4.79 Å². The van der Waals surface area contributed by atoms with E-state index >= 15 is 0 Å². The van der Waals surface area contributed by atoms with Gasteiger partial charge < -0.3 is 10.6 Å². The standard InChI is InChI=1S/C29H46N4O/c1-21-10-8-11-22(2)32(21)16-6-3-7-17-33-27-15-5-4-13-24(27)20-26(29(33)34)19-23-12-9-14-25(18-23)28(30)31/h4-5,13,15,21-23,25-26H,3,6-12,14,16-20H2,1-2H3,(H3,30,31). The van der Waals surface area contributed by atoms with Crippen LogP contribution in [0.2, 0.25) is 0 Å². The number of benzene rings is 1. The smallest absolute Gasteiger partial charge is 0.230 e. The van der Waals surface area contributed by atoms with Gasteiger partial charge in [-0.15, -0.1) is 0 Å². The van der Waals surface area contributed by atoms with Gasteiger partial charge in [0.2, 0.25) is 5.91 Å². The minimum Gasteiger partial charge on any atom is -0.387 e. The molecule has 5 heteroatoms. The van der Waals surface area contributed by atoms with Gasteiger partial charge in [-0.3, -0.25) is 15.1 Å². The van der Waals surface area contributed by atoms with Crippen molar-refractivity contribution >= 4 is 17.4 Å². The highest BCUT2D eigenvalue weighted by atomic mass is 16.2. The molecule has 5 nitrogen and oxygen atoms in total. The number of rotatable bonds is 9. The molecule has 2 fully saturated rings. The van der Waals surface area contributed by atoms with Crippen LogP contribution in [0.1, 0.15) is 90.0 Å². The number of nitrogens with one attached hydrogen (secondary N) is 1. The van der Waals surface area contributed by atoms with Crippen LogP contribution in [0.15, 0.2) is 24.3 Å². The molecule has 2 aliphatic heterocycles. The van der Waals surface area contributed by atoms with Gasteiger partial charge >= 0.3 is 0 Å². The maximum absolute atomic E-state index is 13.6. The zero-order valence-corrected chi connectivity index (χ0v) is 21.5. The first-order chi connectivity index (χ1) is 16.4. The van der Waals surface area contributed by atoms with Gasteiger partial charge in [0.1, 0.15) is 0 Å². The van der Waals surface area contributed by atoms with Gasteiger partial charge in [0.25, 0.3) is 0 Å². The first-order valence-electron chi connectivity index (χ1n) is 13.9. The molecule has 1 saturated carbocycles. The second kappa shape index (κ2) is 11.7. The molecule has 0 aromatic heterocycles. The van der Waals surface area contributed by atoms with E-state index in [1.807, 2.05) is 0 Å². The first kappa shape index (κ1) is 25.2. The van der Waals surface area contributed by atoms with Gasteiger partial charge in [0.05, 0.1) is 5.84 Å². The Hall–Kier alpha value is -1.88. The summed E-state index contributed by atoms with van der Waals surface area (Å²) in [7, 11) is 0. The normalized spacial score (nSPS) is 30.2. The number of piperidine rings is 1. The lowest BCUT2D eigenvalue weighted by Crippen LogP contribution is -2.44. The molecule has 0 radical (unpaired) electrons. The Morgan fingerprint density at radius 2 is 1.71 bits per heavy atom. The number of amidine groups is 1. The molecular weight excluding hydrogens is 420 g/mol. The van der Waals surface area contributed by atoms with Crippen molar-refractivity contribution in [2.24, 2.45) is 23.5 Å². The fourth-order valence-corrected chi connectivity index (χ4v) is 6.90. The topological polar surface area (TPSA) is 73.4 Å². The van der Waals surface area contributed by atoms with E-state index in [0.29, 0.717) is 29.7 Å². The molecule has 1 aromatic rings. The van der Waals surface area contributed by atoms with Crippen molar-refractivity contribution in [1.29, 1.82) is 5.41 Å². The number of nitrogens with zero attached hydrogens (tertiary/aromatic N) is 2. The summed E-state index contributed by atoms with van der Waals surface area (Å²) in [5.41, 5.74) is 8.28. The van der Waals surface area contributed by atoms with E-state index in [2.05, 4.69) is 47.9 Å². The summed E-state index contributed by atoms with van der Waals surface area (Å²) in [4.78, 5) is 18.4. The van der Waals surface area contributed by atoms with Crippen molar-refractivity contribution in [3.63, 3.8) is 0 Å². The lowest BCUT2D eigenvalue weighted by atomic mass is 9.75. The van der Waals surface area contributed by atoms with Crippen LogP contribution in [0.4, 0.5) is 5.69 Å². The molecule has 5 atom stereocenters. The van der Waals surface area contributed by atoms with E-state index in [1.165, 1.54) is 50.6 Å². The molecule has 1 amide bonds. The van der Waals surface area contributed by atoms with Gasteiger partial charge in [0, 0.05) is 36.2 Å². The van der Waals surface area contributed by atoms with Crippen molar-refractivity contribution in [2.75, 3.05) is 18.0 Å². The zero-order chi connectivity index (χ0) is 24.1. The van der Waals surface area contributed by atoms with Gasteiger partial charge in [0.15, 0.2) is 0 Å². The average molecular weight is 467 g/mol. The molecule has 0 spiro atoms. The van der Waals surface area contributed by atoms with Crippen molar-refractivity contribution in [2.45, 2.75) is 103 Å². The highest BCUT2D eigenvalue weighted by molar-refractivity contribution is 5.98. The third kappa shape index (κ3) is 6.02. The van der Waals surface area contributed by atoms with E-state index in [1.54, 1.807) is 0 Å². The number of unbranched alkanes of at least 4 members (excludes halogenated alkanes) is 2. The van der Waals surface area contributed by atoms with Crippen LogP contribution in [0.3, 0.4) is 0 Å². The maximum atomic E-state index is 13.6. The van der Waals surface area contributed by atoms with E-state index in [4.69, 9.17) is 11.1 Å². The molecule has 4 rings (SSSR count). The largest absolute Gasteiger partial charge is 0.387 e. The molecular formula is C29H46N4O. The van der Waals surface area contributed by atoms with E-state index < -0.39 is 0 Å². The number of hydrogen-bond acceptors (Lipinski definition) is 3. The van der Waals surface area contributed by atoms with Crippen molar-refractivity contribution in [3.8, 4) is 0 Å². The number of anilines is 1. The number of fused-ring (bicyclic) bond motifs is 1. The molecule has 188 valence electrons. The Kier molecular flexibility index (Phi) is 8.68. The van der Waals surface area contributed by atoms with Gasteiger partial charge in [-0.05, 0) is 89.3 Å². The molecule has 2 heterocycles. The predicted molar refractivity (Wildman–Crippen MR) is 141 cm³/mol. The van der Waals surface area contributed by atoms with Crippen LogP contribution in [-0.2, 0) is 11.2 Å². The number of nitrogens with two attached hydrogens (primary N) is 1. The van der Waals surface area contributed by atoms with Gasteiger partial charge in [-0.1, -0.05) is 43.9 Å². The number of para-hydroxylation sites is 1. The minimum atomic E-state index is 0.0701. The summed E-state index contributed by atoms with van der Waals surface area (Å²) in [6.45, 7) is 6.78. The summed E-state index contributed by atoms with van der Waals surface area (Å²) >= 11 is 0. The van der Waals surface area contributed by atoms with Gasteiger partial charge in [-0.2, -0.15) is 0 Å². The summed E-state index contributed by atoms with van der Waals surface area (Å²) < 4.78 is 0. The van der Waals surface area contributed by atoms with Crippen LogP contribution in [0, 0.1) is 23.2 Å². The minimum absolute atomic E-state index is 0.0701. The van der Waals surface area contributed by atoms with Crippen LogP contribution >= 0.6 is 0 Å². The highest BCUT2D eigenvalue weighted by Crippen LogP contribution is 2.38. The fourth-order valence-electron chi connectivity index (χ4n) is 6.90. The molecule has 0 bridgehead atoms. The van der Waals surface area contributed by atoms with Crippen molar-refractivity contribution < 1.29 is 4.79 Å². The van der Waals surface area contributed by atoms with Crippen molar-refractivity contribution in [1.82, 2.24) is 4.90 Å². The van der Waals surface area contributed by atoms with Crippen LogP contribution < -0.4 is 10.6 Å². The number of carbonyl (C=O) groups excluding carboxylic acids is 1. The van der Waals surface area contributed by atoms with Gasteiger partial charge in [-0.25, -0.2) is 0 Å². The lowest BCUT2D eigenvalue weighted by molar-refractivity contribution is -0.123. The number of likely N-dealkylation sites (tertiary alicyclic amines) is 1. The summed E-state index contributed by atoms with van der Waals surface area (Å²) in [6.07, 6.45) is 13.6. The Bertz CT molecular complexity index is 829. The lowest BCUT2D eigenvalue weighted by Gasteiger charge is -2.39. The molecule has 34 heavy (non-hydrogen) atoms. The zero-order valence-electron chi connectivity index (χ0n) is 21.5. The maximum Gasteiger partial charge on any atom is 0.230 e. The second-order valence-electron chi connectivity index (χ2n) is 11.4. The number of amides is 1. The predicted octanol–water partition coefficient (Wildman–Crippen LogP) is 5.76. The van der Waals surface area contributed by atoms with Crippen LogP contribution in [0.5, 0.6) is 0 Å². The number of carbonyl (C=O) groups is 1. The molecule has 1 aromatic carbocycles. The monoisotopic (exact) mass is 466 g/mol. The first-order valence-corrected chi connectivity index (χ1v) is 13.9. The summed E-state index contributed by atoms with van der Waals surface area (Å²) in [6, 6.07) is 9.94. The van der Waals surface area contributed by atoms with E-state index in [0.717, 1.165) is 50.8 Å². The quantitative estimate of drug-likeness (QED) is 0.276. The summed E-state index contributed by atoms with van der Waals surface area (Å²) in [5, 5.41) is 7.86. The summed E-state index contributed by atoms with van der Waals surface area (Å²) in [5.74, 6) is 1.45. The highest BCUT2D eigenvalue weighted by Gasteiger charge is 2.35. The Labute approximate surface area is 207 Å². The molecule has 3 aliphatic rings. The van der Waals surface area contributed by atoms with Crippen LogP contribution in [0.25, 0.3) is 0 Å². The Balaban J connectivity index is 1.32. The molecule has 1 aliphatic carbocycles. The molecule has 3 N–H and O–H groups in total. The average Bonchev–Trinajstić information content (AvgIpc) is 2.82. The Morgan fingerprint density at radius 3 is 2.47 bits per heavy atom. The van der Waals surface area contributed by atoms with Crippen molar-refractivity contribution in [3.05, 3.63) is 29.8 Å². The van der Waals surface area contributed by atoms with Crippen LogP contribution in [-0.4, -0.2) is 41.8 Å². The fraction of sp³-hybridized carbons (Fsp3) is 0.724. The number of hydrogen-bond donors (Lipinski definition) is 2. The molecule has 5 unspecified atom stereocenters. The van der Waals surface area contributed by atoms with E-state index in [-0.39, 0.29) is 11.8 Å². The second-order valence-corrected chi connectivity index (χ2v) is 11.4. The molecule has 1 saturated heterocycles. The SMILES string of the molecule is CC1CCCC(C)N1CCCCCN1C(=O)C(CC2CCCC(C(=N)N)C2)Cc2ccccc21.